The van der Waals surface area contributed by atoms with Gasteiger partial charge >= 0.3 is 0 Å². The lowest BCUT2D eigenvalue weighted by atomic mass is 10.4. The van der Waals surface area contributed by atoms with Crippen molar-refractivity contribution in [1.29, 1.82) is 0 Å². The van der Waals surface area contributed by atoms with Crippen LogP contribution in [-0.2, 0) is 4.79 Å². The minimum absolute atomic E-state index is 0.0264. The fraction of sp³-hybridized carbons (Fsp3) is 0.500. The van der Waals surface area contributed by atoms with Crippen molar-refractivity contribution in [2.75, 3.05) is 30.3 Å². The van der Waals surface area contributed by atoms with Crippen LogP contribution in [0.1, 0.15) is 13.8 Å². The Bertz CT molecular complexity index is 355. The molecule has 1 aromatic rings. The van der Waals surface area contributed by atoms with E-state index in [0.717, 1.165) is 0 Å². The molecule has 0 saturated carbocycles. The number of rotatable bonds is 5. The minimum atomic E-state index is -0.0264. The molecule has 0 aromatic carbocycles. The van der Waals surface area contributed by atoms with Crippen LogP contribution in [0.2, 0.25) is 0 Å². The number of amides is 1. The van der Waals surface area contributed by atoms with E-state index >= 15 is 0 Å². The predicted octanol–water partition coefficient (Wildman–Crippen LogP) is 0.0212. The Labute approximate surface area is 94.9 Å². The highest BCUT2D eigenvalue weighted by Gasteiger charge is 2.10. The standard InChI is InChI=1S/C10H17N5O/c1-3-12-9(16)7-15(4-2)8-5-6-13-10(11)14-8/h5-6H,3-4,7H2,1-2H3,(H,12,16)(H2,11,13,14). The number of nitrogens with zero attached hydrogens (tertiary/aromatic N) is 3. The van der Waals surface area contributed by atoms with Crippen molar-refractivity contribution in [2.24, 2.45) is 0 Å². The second kappa shape index (κ2) is 5.89. The van der Waals surface area contributed by atoms with Crippen LogP contribution in [-0.4, -0.2) is 35.5 Å². The lowest BCUT2D eigenvalue weighted by Gasteiger charge is -2.20. The molecule has 1 amide bonds. The number of anilines is 2. The summed E-state index contributed by atoms with van der Waals surface area (Å²) >= 11 is 0. The molecule has 0 aliphatic carbocycles. The van der Waals surface area contributed by atoms with Gasteiger partial charge in [-0.1, -0.05) is 0 Å². The molecular weight excluding hydrogens is 206 g/mol. The molecule has 0 aliphatic heterocycles. The lowest BCUT2D eigenvalue weighted by Crippen LogP contribution is -2.37. The largest absolute Gasteiger partial charge is 0.368 e. The highest BCUT2D eigenvalue weighted by molar-refractivity contribution is 5.80. The molecule has 0 radical (unpaired) electrons. The fourth-order valence-corrected chi connectivity index (χ4v) is 1.32. The average molecular weight is 223 g/mol. The van der Waals surface area contributed by atoms with Crippen LogP contribution in [0.25, 0.3) is 0 Å². The highest BCUT2D eigenvalue weighted by atomic mass is 16.2. The van der Waals surface area contributed by atoms with E-state index in [2.05, 4.69) is 15.3 Å². The molecule has 1 heterocycles. The van der Waals surface area contributed by atoms with Crippen molar-refractivity contribution in [2.45, 2.75) is 13.8 Å². The van der Waals surface area contributed by atoms with E-state index in [9.17, 15) is 4.79 Å². The summed E-state index contributed by atoms with van der Waals surface area (Å²) in [7, 11) is 0. The Morgan fingerprint density at radius 1 is 1.56 bits per heavy atom. The average Bonchev–Trinajstić information content (AvgIpc) is 2.26. The van der Waals surface area contributed by atoms with Crippen LogP contribution < -0.4 is 16.0 Å². The van der Waals surface area contributed by atoms with Crippen LogP contribution in [0, 0.1) is 0 Å². The summed E-state index contributed by atoms with van der Waals surface area (Å²) in [5, 5.41) is 2.74. The molecule has 0 fully saturated rings. The number of carbonyl (C=O) groups excluding carboxylic acids is 1. The molecule has 1 rings (SSSR count). The molecule has 0 aliphatic rings. The SMILES string of the molecule is CCNC(=O)CN(CC)c1ccnc(N)n1. The molecule has 0 bridgehead atoms. The number of carbonyl (C=O) groups is 1. The van der Waals surface area contributed by atoms with Gasteiger partial charge < -0.3 is 16.0 Å². The van der Waals surface area contributed by atoms with Crippen LogP contribution in [0.15, 0.2) is 12.3 Å². The Balaban J connectivity index is 2.70. The monoisotopic (exact) mass is 223 g/mol. The maximum absolute atomic E-state index is 11.4. The zero-order chi connectivity index (χ0) is 12.0. The molecule has 1 aromatic heterocycles. The van der Waals surface area contributed by atoms with Crippen LogP contribution in [0.5, 0.6) is 0 Å². The van der Waals surface area contributed by atoms with Crippen molar-refractivity contribution in [3.05, 3.63) is 12.3 Å². The first-order valence-corrected chi connectivity index (χ1v) is 5.27. The van der Waals surface area contributed by atoms with E-state index in [1.54, 1.807) is 12.3 Å². The maximum atomic E-state index is 11.4. The summed E-state index contributed by atoms with van der Waals surface area (Å²) in [6.07, 6.45) is 1.58. The summed E-state index contributed by atoms with van der Waals surface area (Å²) in [6.45, 7) is 5.44. The van der Waals surface area contributed by atoms with E-state index < -0.39 is 0 Å². The number of aromatic nitrogens is 2. The van der Waals surface area contributed by atoms with Crippen molar-refractivity contribution in [1.82, 2.24) is 15.3 Å². The summed E-state index contributed by atoms with van der Waals surface area (Å²) in [4.78, 5) is 21.2. The summed E-state index contributed by atoms with van der Waals surface area (Å²) in [5.74, 6) is 0.856. The van der Waals surface area contributed by atoms with Gasteiger partial charge in [0.1, 0.15) is 5.82 Å². The van der Waals surface area contributed by atoms with E-state index in [1.165, 1.54) is 0 Å². The van der Waals surface area contributed by atoms with Crippen LogP contribution in [0.3, 0.4) is 0 Å². The minimum Gasteiger partial charge on any atom is -0.368 e. The van der Waals surface area contributed by atoms with E-state index in [1.807, 2.05) is 18.7 Å². The first-order chi connectivity index (χ1) is 7.67. The number of nitrogen functional groups attached to an aromatic ring is 1. The van der Waals surface area contributed by atoms with Gasteiger partial charge in [-0.3, -0.25) is 4.79 Å². The number of hydrogen-bond donors (Lipinski definition) is 2. The van der Waals surface area contributed by atoms with Gasteiger partial charge in [0.2, 0.25) is 11.9 Å². The Morgan fingerprint density at radius 3 is 2.88 bits per heavy atom. The first-order valence-electron chi connectivity index (χ1n) is 5.27. The molecule has 0 unspecified atom stereocenters. The second-order valence-electron chi connectivity index (χ2n) is 3.24. The zero-order valence-corrected chi connectivity index (χ0v) is 9.60. The molecule has 16 heavy (non-hydrogen) atoms. The molecule has 0 atom stereocenters. The quantitative estimate of drug-likeness (QED) is 0.735. The van der Waals surface area contributed by atoms with Gasteiger partial charge in [0, 0.05) is 19.3 Å². The molecule has 0 saturated heterocycles. The van der Waals surface area contributed by atoms with E-state index in [0.29, 0.717) is 18.9 Å². The third-order valence-electron chi connectivity index (χ3n) is 2.07. The number of hydrogen-bond acceptors (Lipinski definition) is 5. The van der Waals surface area contributed by atoms with Gasteiger partial charge in [-0.25, -0.2) is 4.98 Å². The van der Waals surface area contributed by atoms with Gasteiger partial charge in [0.15, 0.2) is 0 Å². The molecular formula is C10H17N5O. The third-order valence-corrected chi connectivity index (χ3v) is 2.07. The first kappa shape index (κ1) is 12.2. The van der Waals surface area contributed by atoms with E-state index in [-0.39, 0.29) is 18.4 Å². The topological polar surface area (TPSA) is 84.1 Å². The van der Waals surface area contributed by atoms with Gasteiger partial charge in [-0.2, -0.15) is 4.98 Å². The summed E-state index contributed by atoms with van der Waals surface area (Å²) in [6, 6.07) is 1.74. The normalized spacial score (nSPS) is 9.88. The van der Waals surface area contributed by atoms with Gasteiger partial charge in [0.25, 0.3) is 0 Å². The Kier molecular flexibility index (Phi) is 4.50. The molecule has 6 heteroatoms. The summed E-state index contributed by atoms with van der Waals surface area (Å²) < 4.78 is 0. The molecule has 6 nitrogen and oxygen atoms in total. The van der Waals surface area contributed by atoms with Crippen molar-refractivity contribution < 1.29 is 4.79 Å². The van der Waals surface area contributed by atoms with Crippen LogP contribution >= 0.6 is 0 Å². The zero-order valence-electron chi connectivity index (χ0n) is 9.60. The summed E-state index contributed by atoms with van der Waals surface area (Å²) in [5.41, 5.74) is 5.49. The van der Waals surface area contributed by atoms with Crippen LogP contribution in [0.4, 0.5) is 11.8 Å². The fourth-order valence-electron chi connectivity index (χ4n) is 1.32. The van der Waals surface area contributed by atoms with Crippen molar-refractivity contribution in [3.8, 4) is 0 Å². The van der Waals surface area contributed by atoms with Crippen molar-refractivity contribution in [3.63, 3.8) is 0 Å². The Morgan fingerprint density at radius 2 is 2.31 bits per heavy atom. The number of nitrogens with one attached hydrogen (secondary N) is 1. The maximum Gasteiger partial charge on any atom is 0.239 e. The molecule has 3 N–H and O–H groups in total. The van der Waals surface area contributed by atoms with Gasteiger partial charge in [-0.05, 0) is 19.9 Å². The number of nitrogens with two attached hydrogens (primary N) is 1. The highest BCUT2D eigenvalue weighted by Crippen LogP contribution is 2.09. The second-order valence-corrected chi connectivity index (χ2v) is 3.24. The smallest absolute Gasteiger partial charge is 0.239 e. The van der Waals surface area contributed by atoms with E-state index in [4.69, 9.17) is 5.73 Å². The number of likely N-dealkylation sites (N-methyl/N-ethyl adjacent to an activating group) is 2. The lowest BCUT2D eigenvalue weighted by molar-refractivity contribution is -0.119. The predicted molar refractivity (Wildman–Crippen MR) is 63.0 cm³/mol. The molecule has 88 valence electrons. The Hall–Kier alpha value is -1.85. The third kappa shape index (κ3) is 3.38. The van der Waals surface area contributed by atoms with Gasteiger partial charge in [0.05, 0.1) is 6.54 Å². The molecule has 0 spiro atoms. The van der Waals surface area contributed by atoms with Gasteiger partial charge in [-0.15, -0.1) is 0 Å². The van der Waals surface area contributed by atoms with Crippen molar-refractivity contribution >= 4 is 17.7 Å².